The molecule has 156 valence electrons. The fourth-order valence-electron chi connectivity index (χ4n) is 3.37. The summed E-state index contributed by atoms with van der Waals surface area (Å²) in [6, 6.07) is 7.32. The SMILES string of the molecule is CCc1cccc(OC(=O)N2CC(NC(=O)c3sc4nnc(C)c(C)c4c3N)C2)c1. The van der Waals surface area contributed by atoms with E-state index in [0.717, 1.165) is 28.6 Å². The van der Waals surface area contributed by atoms with Crippen LogP contribution in [0, 0.1) is 13.8 Å². The van der Waals surface area contributed by atoms with Crippen LogP contribution >= 0.6 is 11.3 Å². The van der Waals surface area contributed by atoms with E-state index < -0.39 is 6.09 Å². The van der Waals surface area contributed by atoms with Crippen LogP contribution in [0.2, 0.25) is 0 Å². The molecular formula is C21H23N5O3S. The number of nitrogens with zero attached hydrogens (tertiary/aromatic N) is 3. The molecule has 2 amide bonds. The minimum atomic E-state index is -0.420. The molecule has 1 fully saturated rings. The molecule has 1 saturated heterocycles. The summed E-state index contributed by atoms with van der Waals surface area (Å²) in [4.78, 5) is 27.6. The Hall–Kier alpha value is -3.20. The van der Waals surface area contributed by atoms with Crippen molar-refractivity contribution >= 4 is 39.2 Å². The molecule has 0 spiro atoms. The Morgan fingerprint density at radius 1 is 1.30 bits per heavy atom. The summed E-state index contributed by atoms with van der Waals surface area (Å²) in [5.41, 5.74) is 9.47. The summed E-state index contributed by atoms with van der Waals surface area (Å²) in [5.74, 6) is 0.262. The summed E-state index contributed by atoms with van der Waals surface area (Å²) in [5, 5.41) is 12.0. The van der Waals surface area contributed by atoms with E-state index in [-0.39, 0.29) is 11.9 Å². The van der Waals surface area contributed by atoms with Crippen molar-refractivity contribution in [3.8, 4) is 5.75 Å². The summed E-state index contributed by atoms with van der Waals surface area (Å²) >= 11 is 1.23. The lowest BCUT2D eigenvalue weighted by molar-refractivity contribution is 0.0792. The van der Waals surface area contributed by atoms with Crippen molar-refractivity contribution in [1.82, 2.24) is 20.4 Å². The summed E-state index contributed by atoms with van der Waals surface area (Å²) in [6.07, 6.45) is 0.450. The number of fused-ring (bicyclic) bond motifs is 1. The highest BCUT2D eigenvalue weighted by Gasteiger charge is 2.34. The van der Waals surface area contributed by atoms with E-state index in [4.69, 9.17) is 10.5 Å². The number of nitrogens with two attached hydrogens (primary N) is 1. The van der Waals surface area contributed by atoms with Crippen molar-refractivity contribution in [2.75, 3.05) is 18.8 Å². The zero-order valence-corrected chi connectivity index (χ0v) is 17.9. The van der Waals surface area contributed by atoms with Crippen LogP contribution in [0.1, 0.15) is 33.4 Å². The predicted octanol–water partition coefficient (Wildman–Crippen LogP) is 3.07. The summed E-state index contributed by atoms with van der Waals surface area (Å²) in [6.45, 7) is 6.60. The first-order valence-electron chi connectivity index (χ1n) is 9.75. The molecule has 3 aromatic rings. The molecule has 0 atom stereocenters. The van der Waals surface area contributed by atoms with E-state index in [9.17, 15) is 9.59 Å². The normalized spacial score (nSPS) is 13.9. The molecule has 1 aliphatic rings. The first-order valence-corrected chi connectivity index (χ1v) is 10.6. The number of aromatic nitrogens is 2. The molecular weight excluding hydrogens is 402 g/mol. The van der Waals surface area contributed by atoms with E-state index in [1.54, 1.807) is 11.0 Å². The zero-order chi connectivity index (χ0) is 21.4. The highest BCUT2D eigenvalue weighted by molar-refractivity contribution is 7.21. The van der Waals surface area contributed by atoms with E-state index in [1.165, 1.54) is 11.3 Å². The number of nitrogens with one attached hydrogen (secondary N) is 1. The first-order chi connectivity index (χ1) is 14.4. The Morgan fingerprint density at radius 2 is 2.07 bits per heavy atom. The lowest BCUT2D eigenvalue weighted by Crippen LogP contribution is -2.61. The van der Waals surface area contributed by atoms with Crippen LogP contribution in [-0.4, -0.2) is 46.2 Å². The maximum absolute atomic E-state index is 12.7. The van der Waals surface area contributed by atoms with E-state index in [1.807, 2.05) is 39.0 Å². The van der Waals surface area contributed by atoms with Crippen molar-refractivity contribution in [3.05, 3.63) is 46.0 Å². The third kappa shape index (κ3) is 3.68. The molecule has 0 radical (unpaired) electrons. The molecule has 1 aromatic carbocycles. The van der Waals surface area contributed by atoms with Crippen LogP contribution in [-0.2, 0) is 6.42 Å². The highest BCUT2D eigenvalue weighted by Crippen LogP contribution is 2.35. The number of carbonyl (C=O) groups is 2. The van der Waals surface area contributed by atoms with E-state index in [0.29, 0.717) is 34.2 Å². The number of benzene rings is 1. The van der Waals surface area contributed by atoms with Gasteiger partial charge < -0.3 is 20.7 Å². The third-order valence-corrected chi connectivity index (χ3v) is 6.42. The number of amides is 2. The number of rotatable bonds is 4. The largest absolute Gasteiger partial charge is 0.415 e. The molecule has 0 bridgehead atoms. The Bertz CT molecular complexity index is 1140. The molecule has 3 heterocycles. The van der Waals surface area contributed by atoms with Gasteiger partial charge >= 0.3 is 6.09 Å². The molecule has 0 aliphatic carbocycles. The number of anilines is 1. The molecule has 4 rings (SSSR count). The van der Waals surface area contributed by atoms with Gasteiger partial charge in [-0.1, -0.05) is 19.1 Å². The molecule has 0 unspecified atom stereocenters. The first kappa shape index (κ1) is 20.1. The monoisotopic (exact) mass is 425 g/mol. The van der Waals surface area contributed by atoms with Crippen LogP contribution in [0.3, 0.4) is 0 Å². The average Bonchev–Trinajstić information content (AvgIpc) is 3.04. The van der Waals surface area contributed by atoms with Crippen molar-refractivity contribution in [3.63, 3.8) is 0 Å². The van der Waals surface area contributed by atoms with E-state index >= 15 is 0 Å². The molecule has 0 saturated carbocycles. The number of carbonyl (C=O) groups excluding carboxylic acids is 2. The van der Waals surface area contributed by atoms with Gasteiger partial charge in [0, 0.05) is 18.5 Å². The molecule has 30 heavy (non-hydrogen) atoms. The Kier molecular flexibility index (Phi) is 5.29. The fourth-order valence-corrected chi connectivity index (χ4v) is 4.38. The highest BCUT2D eigenvalue weighted by atomic mass is 32.1. The number of likely N-dealkylation sites (tertiary alicyclic amines) is 1. The van der Waals surface area contributed by atoms with Gasteiger partial charge in [-0.25, -0.2) is 4.79 Å². The van der Waals surface area contributed by atoms with Gasteiger partial charge in [0.15, 0.2) is 0 Å². The van der Waals surface area contributed by atoms with Crippen molar-refractivity contribution in [2.24, 2.45) is 0 Å². The van der Waals surface area contributed by atoms with Gasteiger partial charge in [0.05, 0.1) is 17.4 Å². The fraction of sp³-hybridized carbons (Fsp3) is 0.333. The number of nitrogen functional groups attached to an aromatic ring is 1. The van der Waals surface area contributed by atoms with Crippen LogP contribution in [0.25, 0.3) is 10.2 Å². The van der Waals surface area contributed by atoms with Gasteiger partial charge in [-0.15, -0.1) is 16.4 Å². The molecule has 9 heteroatoms. The second-order valence-electron chi connectivity index (χ2n) is 7.38. The standard InChI is InChI=1S/C21H23N5O3S/c1-4-13-6-5-7-15(8-13)29-21(28)26-9-14(10-26)23-19(27)18-17(22)16-11(2)12(3)24-25-20(16)30-18/h5-8,14H,4,9-10,22H2,1-3H3,(H,23,27). The average molecular weight is 426 g/mol. The predicted molar refractivity (Wildman–Crippen MR) is 116 cm³/mol. The zero-order valence-electron chi connectivity index (χ0n) is 17.1. The summed E-state index contributed by atoms with van der Waals surface area (Å²) < 4.78 is 5.42. The van der Waals surface area contributed by atoms with Gasteiger partial charge in [-0.3, -0.25) is 4.79 Å². The topological polar surface area (TPSA) is 110 Å². The van der Waals surface area contributed by atoms with Crippen LogP contribution < -0.4 is 15.8 Å². The van der Waals surface area contributed by atoms with Crippen molar-refractivity contribution in [1.29, 1.82) is 0 Å². The quantitative estimate of drug-likeness (QED) is 0.665. The second kappa shape index (κ2) is 7.91. The van der Waals surface area contributed by atoms with Crippen LogP contribution in [0.15, 0.2) is 24.3 Å². The maximum atomic E-state index is 12.7. The molecule has 2 aromatic heterocycles. The van der Waals surface area contributed by atoms with Crippen molar-refractivity contribution < 1.29 is 14.3 Å². The Morgan fingerprint density at radius 3 is 2.80 bits per heavy atom. The van der Waals surface area contributed by atoms with Gasteiger partial charge in [0.2, 0.25) is 0 Å². The van der Waals surface area contributed by atoms with Gasteiger partial charge in [-0.05, 0) is 43.5 Å². The number of hydrogen-bond donors (Lipinski definition) is 2. The smallest absolute Gasteiger partial charge is 0.410 e. The van der Waals surface area contributed by atoms with Crippen LogP contribution in [0.5, 0.6) is 5.75 Å². The molecule has 3 N–H and O–H groups in total. The van der Waals surface area contributed by atoms with Crippen LogP contribution in [0.4, 0.5) is 10.5 Å². The maximum Gasteiger partial charge on any atom is 0.415 e. The minimum absolute atomic E-state index is 0.148. The lowest BCUT2D eigenvalue weighted by atomic mass is 10.1. The van der Waals surface area contributed by atoms with Crippen molar-refractivity contribution in [2.45, 2.75) is 33.2 Å². The molecule has 8 nitrogen and oxygen atoms in total. The number of thiophene rings is 1. The number of aryl methyl sites for hydroxylation is 3. The summed E-state index contributed by atoms with van der Waals surface area (Å²) in [7, 11) is 0. The lowest BCUT2D eigenvalue weighted by Gasteiger charge is -2.38. The molecule has 1 aliphatic heterocycles. The second-order valence-corrected chi connectivity index (χ2v) is 8.38. The van der Waals surface area contributed by atoms with Gasteiger partial charge in [-0.2, -0.15) is 5.10 Å². The van der Waals surface area contributed by atoms with Gasteiger partial charge in [0.25, 0.3) is 5.91 Å². The Balaban J connectivity index is 1.36. The number of ether oxygens (including phenoxy) is 1. The third-order valence-electron chi connectivity index (χ3n) is 5.33. The Labute approximate surface area is 178 Å². The van der Waals surface area contributed by atoms with Gasteiger partial charge in [0.1, 0.15) is 15.5 Å². The minimum Gasteiger partial charge on any atom is -0.410 e. The number of hydrogen-bond acceptors (Lipinski definition) is 7. The van der Waals surface area contributed by atoms with E-state index in [2.05, 4.69) is 15.5 Å².